The van der Waals surface area contributed by atoms with Crippen LogP contribution in [0.3, 0.4) is 0 Å². The van der Waals surface area contributed by atoms with E-state index in [1.165, 1.54) is 7.11 Å². The van der Waals surface area contributed by atoms with Gasteiger partial charge in [0.2, 0.25) is 11.8 Å². The number of hydrogen-bond donors (Lipinski definition) is 1. The van der Waals surface area contributed by atoms with Gasteiger partial charge in [0.05, 0.1) is 32.0 Å². The summed E-state index contributed by atoms with van der Waals surface area (Å²) in [4.78, 5) is 16.5. The fraction of sp³-hybridized carbons (Fsp3) is 0.269. The normalized spacial score (nSPS) is 10.1. The Kier molecular flexibility index (Phi) is 9.11. The molecule has 0 aliphatic carbocycles. The smallest absolute Gasteiger partial charge is 0.220 e. The van der Waals surface area contributed by atoms with Crippen molar-refractivity contribution in [2.24, 2.45) is 0 Å². The lowest BCUT2D eigenvalue weighted by Crippen LogP contribution is -2.23. The lowest BCUT2D eigenvalue weighted by Gasteiger charge is -2.11. The Hall–Kier alpha value is -4.25. The third-order valence-electron chi connectivity index (χ3n) is 4.75. The third-order valence-corrected chi connectivity index (χ3v) is 4.75. The van der Waals surface area contributed by atoms with Crippen LogP contribution in [0.4, 0.5) is 0 Å². The minimum atomic E-state index is -0.0821. The van der Waals surface area contributed by atoms with Crippen LogP contribution in [0.2, 0.25) is 0 Å². The van der Waals surface area contributed by atoms with Crippen molar-refractivity contribution in [2.45, 2.75) is 26.3 Å². The van der Waals surface area contributed by atoms with E-state index >= 15 is 0 Å². The number of nitrogens with one attached hydrogen (secondary N) is 1. The molecule has 0 aliphatic heterocycles. The van der Waals surface area contributed by atoms with Crippen LogP contribution >= 0.6 is 0 Å². The molecule has 0 fully saturated rings. The number of benzene rings is 2. The van der Waals surface area contributed by atoms with Crippen molar-refractivity contribution in [3.05, 3.63) is 71.9 Å². The molecular formula is C26H27N3O5. The van der Waals surface area contributed by atoms with E-state index in [2.05, 4.69) is 16.4 Å². The summed E-state index contributed by atoms with van der Waals surface area (Å²) in [5, 5.41) is 11.8. The van der Waals surface area contributed by atoms with Gasteiger partial charge in [-0.2, -0.15) is 5.26 Å². The molecule has 8 heteroatoms. The first kappa shape index (κ1) is 24.4. The number of aromatic nitrogens is 1. The molecule has 8 nitrogen and oxygen atoms in total. The average Bonchev–Trinajstić information content (AvgIpc) is 2.87. The lowest BCUT2D eigenvalue weighted by atomic mass is 10.2. The first-order chi connectivity index (χ1) is 16.6. The molecule has 34 heavy (non-hydrogen) atoms. The monoisotopic (exact) mass is 461 g/mol. The molecule has 0 unspecified atom stereocenters. The Morgan fingerprint density at radius 1 is 1.03 bits per heavy atom. The zero-order chi connectivity index (χ0) is 24.2. The zero-order valence-corrected chi connectivity index (χ0v) is 19.2. The number of hydrogen-bond acceptors (Lipinski definition) is 7. The van der Waals surface area contributed by atoms with Crippen molar-refractivity contribution in [2.75, 3.05) is 20.3 Å². The molecule has 1 heterocycles. The summed E-state index contributed by atoms with van der Waals surface area (Å²) < 4.78 is 22.3. The van der Waals surface area contributed by atoms with E-state index in [1.807, 2.05) is 37.3 Å². The number of amides is 1. The van der Waals surface area contributed by atoms with E-state index in [0.29, 0.717) is 67.0 Å². The Morgan fingerprint density at radius 3 is 2.53 bits per heavy atom. The van der Waals surface area contributed by atoms with Crippen molar-refractivity contribution in [1.82, 2.24) is 10.3 Å². The molecule has 0 aliphatic rings. The number of nitriles is 1. The second-order valence-electron chi connectivity index (χ2n) is 7.19. The van der Waals surface area contributed by atoms with Crippen molar-refractivity contribution in [1.29, 1.82) is 5.26 Å². The molecular weight excluding hydrogens is 434 g/mol. The molecule has 176 valence electrons. The molecule has 1 N–H and O–H groups in total. The van der Waals surface area contributed by atoms with E-state index in [9.17, 15) is 4.79 Å². The SMILES string of the molecule is CCOc1ccccc1Oc1ccc(CNC(=O)CCCOc2ccc(C#N)cc2OC)cn1. The summed E-state index contributed by atoms with van der Waals surface area (Å²) in [5.41, 5.74) is 1.35. The van der Waals surface area contributed by atoms with Crippen LogP contribution < -0.4 is 24.3 Å². The Morgan fingerprint density at radius 2 is 1.82 bits per heavy atom. The second kappa shape index (κ2) is 12.7. The van der Waals surface area contributed by atoms with E-state index < -0.39 is 0 Å². The van der Waals surface area contributed by atoms with Gasteiger partial charge in [0, 0.05) is 31.3 Å². The number of pyridine rings is 1. The van der Waals surface area contributed by atoms with Gasteiger partial charge in [-0.1, -0.05) is 18.2 Å². The number of nitrogens with zero attached hydrogens (tertiary/aromatic N) is 2. The van der Waals surface area contributed by atoms with E-state index in [0.717, 1.165) is 5.56 Å². The quantitative estimate of drug-likeness (QED) is 0.392. The largest absolute Gasteiger partial charge is 0.493 e. The Bertz CT molecular complexity index is 1130. The van der Waals surface area contributed by atoms with Gasteiger partial charge in [-0.05, 0) is 43.2 Å². The molecule has 3 aromatic rings. The first-order valence-electron chi connectivity index (χ1n) is 10.9. The van der Waals surface area contributed by atoms with Gasteiger partial charge < -0.3 is 24.3 Å². The summed E-state index contributed by atoms with van der Waals surface area (Å²) in [6, 6.07) is 18.0. The van der Waals surface area contributed by atoms with Gasteiger partial charge >= 0.3 is 0 Å². The second-order valence-corrected chi connectivity index (χ2v) is 7.19. The van der Waals surface area contributed by atoms with Crippen molar-refractivity contribution < 1.29 is 23.7 Å². The molecule has 0 spiro atoms. The predicted molar refractivity (Wildman–Crippen MR) is 126 cm³/mol. The summed E-state index contributed by atoms with van der Waals surface area (Å²) in [6.45, 7) is 3.18. The van der Waals surface area contributed by atoms with Gasteiger partial charge in [-0.15, -0.1) is 0 Å². The van der Waals surface area contributed by atoms with E-state index in [4.69, 9.17) is 24.2 Å². The highest BCUT2D eigenvalue weighted by molar-refractivity contribution is 5.75. The molecule has 1 aromatic heterocycles. The summed E-state index contributed by atoms with van der Waals surface area (Å²) in [6.07, 6.45) is 2.53. The highest BCUT2D eigenvalue weighted by Gasteiger charge is 2.08. The maximum absolute atomic E-state index is 12.2. The van der Waals surface area contributed by atoms with Crippen LogP contribution in [-0.2, 0) is 11.3 Å². The molecule has 0 radical (unpaired) electrons. The molecule has 0 bridgehead atoms. The van der Waals surface area contributed by atoms with Crippen LogP contribution in [0.5, 0.6) is 28.9 Å². The van der Waals surface area contributed by atoms with Crippen molar-refractivity contribution in [3.63, 3.8) is 0 Å². The van der Waals surface area contributed by atoms with Crippen molar-refractivity contribution in [3.8, 4) is 34.9 Å². The predicted octanol–water partition coefficient (Wildman–Crippen LogP) is 4.63. The first-order valence-corrected chi connectivity index (χ1v) is 10.9. The van der Waals surface area contributed by atoms with Crippen LogP contribution in [0.15, 0.2) is 60.8 Å². The van der Waals surface area contributed by atoms with Crippen LogP contribution in [0.1, 0.15) is 30.9 Å². The minimum Gasteiger partial charge on any atom is -0.493 e. The highest BCUT2D eigenvalue weighted by atomic mass is 16.5. The zero-order valence-electron chi connectivity index (χ0n) is 19.2. The Balaban J connectivity index is 1.40. The van der Waals surface area contributed by atoms with Gasteiger partial charge in [0.25, 0.3) is 0 Å². The summed E-state index contributed by atoms with van der Waals surface area (Å²) in [5.74, 6) is 2.64. The molecule has 3 rings (SSSR count). The molecule has 0 saturated carbocycles. The molecule has 1 amide bonds. The van der Waals surface area contributed by atoms with Crippen LogP contribution in [-0.4, -0.2) is 31.2 Å². The average molecular weight is 462 g/mol. The molecule has 0 saturated heterocycles. The minimum absolute atomic E-state index is 0.0821. The standard InChI is InChI=1S/C26H27N3O5/c1-3-32-21-7-4-5-8-23(21)34-26-13-11-20(18-29-26)17-28-25(30)9-6-14-33-22-12-10-19(16-27)15-24(22)31-2/h4-5,7-8,10-13,15,18H,3,6,9,14,17H2,1-2H3,(H,28,30). The topological polar surface area (TPSA) is 103 Å². The number of rotatable bonds is 12. The number of carbonyl (C=O) groups is 1. The lowest BCUT2D eigenvalue weighted by molar-refractivity contribution is -0.121. The fourth-order valence-corrected chi connectivity index (χ4v) is 3.06. The maximum atomic E-state index is 12.2. The maximum Gasteiger partial charge on any atom is 0.220 e. The number of carbonyl (C=O) groups excluding carboxylic acids is 1. The Labute approximate surface area is 199 Å². The van der Waals surface area contributed by atoms with Gasteiger partial charge in [-0.3, -0.25) is 4.79 Å². The number of para-hydroxylation sites is 2. The van der Waals surface area contributed by atoms with E-state index in [1.54, 1.807) is 30.5 Å². The molecule has 2 aromatic carbocycles. The summed E-state index contributed by atoms with van der Waals surface area (Å²) in [7, 11) is 1.52. The highest BCUT2D eigenvalue weighted by Crippen LogP contribution is 2.30. The number of ether oxygens (including phenoxy) is 4. The van der Waals surface area contributed by atoms with Crippen LogP contribution in [0.25, 0.3) is 0 Å². The van der Waals surface area contributed by atoms with Gasteiger partial charge in [0.1, 0.15) is 0 Å². The number of methoxy groups -OCH3 is 1. The summed E-state index contributed by atoms with van der Waals surface area (Å²) >= 11 is 0. The van der Waals surface area contributed by atoms with Gasteiger partial charge in [-0.25, -0.2) is 4.98 Å². The fourth-order valence-electron chi connectivity index (χ4n) is 3.06. The van der Waals surface area contributed by atoms with Crippen molar-refractivity contribution >= 4 is 5.91 Å². The molecule has 0 atom stereocenters. The third kappa shape index (κ3) is 7.14. The van der Waals surface area contributed by atoms with Gasteiger partial charge in [0.15, 0.2) is 23.0 Å². The van der Waals surface area contributed by atoms with E-state index in [-0.39, 0.29) is 5.91 Å². The van der Waals surface area contributed by atoms with Crippen LogP contribution in [0, 0.1) is 11.3 Å².